The number of alkyl halides is 1. The van der Waals surface area contributed by atoms with E-state index in [0.29, 0.717) is 56.9 Å². The first-order valence-electron chi connectivity index (χ1n) is 11.0. The van der Waals surface area contributed by atoms with E-state index in [9.17, 15) is 13.2 Å². The van der Waals surface area contributed by atoms with Crippen molar-refractivity contribution < 1.29 is 17.6 Å². The normalized spacial score (nSPS) is 26.6. The molecule has 1 N–H and O–H groups in total. The number of carbonyl (C=O) groups excluding carboxylic acids is 1. The summed E-state index contributed by atoms with van der Waals surface area (Å²) in [5.74, 6) is 0.0889. The maximum Gasteiger partial charge on any atom is 0.253 e. The van der Waals surface area contributed by atoms with Crippen LogP contribution in [0.2, 0.25) is 0 Å². The summed E-state index contributed by atoms with van der Waals surface area (Å²) in [5.41, 5.74) is -0.349. The van der Waals surface area contributed by atoms with E-state index in [1.807, 2.05) is 13.0 Å². The monoisotopic (exact) mass is 475 g/mol. The van der Waals surface area contributed by atoms with E-state index in [1.54, 1.807) is 24.3 Å². The lowest BCUT2D eigenvalue weighted by Crippen LogP contribution is -2.66. The van der Waals surface area contributed by atoms with Crippen LogP contribution in [0, 0.1) is 5.92 Å². The number of sulfonamides is 1. The first-order valence-corrected chi connectivity index (χ1v) is 12.6. The zero-order valence-electron chi connectivity index (χ0n) is 18.4. The van der Waals surface area contributed by atoms with Gasteiger partial charge in [0.2, 0.25) is 10.0 Å². The van der Waals surface area contributed by atoms with Gasteiger partial charge in [0.25, 0.3) is 5.91 Å². The van der Waals surface area contributed by atoms with Gasteiger partial charge in [-0.25, -0.2) is 12.8 Å². The summed E-state index contributed by atoms with van der Waals surface area (Å²) in [6.45, 7) is 5.70. The highest BCUT2D eigenvalue weighted by Crippen LogP contribution is 2.40. The molecule has 3 atom stereocenters. The third-order valence-electron chi connectivity index (χ3n) is 6.50. The van der Waals surface area contributed by atoms with Crippen molar-refractivity contribution >= 4 is 28.3 Å². The fourth-order valence-electron chi connectivity index (χ4n) is 4.96. The van der Waals surface area contributed by atoms with Gasteiger partial charge in [0.05, 0.1) is 11.3 Å². The Labute approximate surface area is 192 Å². The van der Waals surface area contributed by atoms with Gasteiger partial charge < -0.3 is 5.32 Å². The molecule has 0 radical (unpaired) electrons. The quantitative estimate of drug-likeness (QED) is 0.613. The molecule has 3 rings (SSSR count). The van der Waals surface area contributed by atoms with Gasteiger partial charge in [-0.3, -0.25) is 9.69 Å². The molecule has 1 aliphatic heterocycles. The van der Waals surface area contributed by atoms with E-state index >= 15 is 4.39 Å². The average molecular weight is 476 g/mol. The van der Waals surface area contributed by atoms with Crippen LogP contribution < -0.4 is 5.32 Å². The minimum absolute atomic E-state index is 0. The highest BCUT2D eigenvalue weighted by molar-refractivity contribution is 7.89. The molecule has 1 aliphatic carbocycles. The Kier molecular flexibility index (Phi) is 9.30. The van der Waals surface area contributed by atoms with Crippen molar-refractivity contribution in [2.45, 2.75) is 57.8 Å². The van der Waals surface area contributed by atoms with Crippen LogP contribution in [0.5, 0.6) is 0 Å². The van der Waals surface area contributed by atoms with E-state index in [1.165, 1.54) is 4.31 Å². The van der Waals surface area contributed by atoms with Gasteiger partial charge in [-0.1, -0.05) is 44.9 Å². The second kappa shape index (κ2) is 11.1. The molecule has 6 nitrogen and oxygen atoms in total. The Bertz CT molecular complexity index is 819. The van der Waals surface area contributed by atoms with E-state index in [4.69, 9.17) is 0 Å². The summed E-state index contributed by atoms with van der Waals surface area (Å²) >= 11 is 0. The number of hydrogen-bond donors (Lipinski definition) is 1. The van der Waals surface area contributed by atoms with E-state index in [0.717, 1.165) is 12.8 Å². The molecule has 1 saturated heterocycles. The van der Waals surface area contributed by atoms with Crippen LogP contribution in [0.4, 0.5) is 4.39 Å². The Hall–Kier alpha value is -1.22. The molecule has 31 heavy (non-hydrogen) atoms. The van der Waals surface area contributed by atoms with E-state index in [2.05, 4.69) is 17.1 Å². The Morgan fingerprint density at radius 1 is 1.23 bits per heavy atom. The number of benzene rings is 1. The topological polar surface area (TPSA) is 69.7 Å². The molecule has 1 saturated carbocycles. The van der Waals surface area contributed by atoms with Crippen molar-refractivity contribution in [1.29, 1.82) is 0 Å². The van der Waals surface area contributed by atoms with Crippen molar-refractivity contribution in [2.24, 2.45) is 5.92 Å². The number of nitrogens with zero attached hydrogens (tertiary/aromatic N) is 2. The molecule has 3 unspecified atom stereocenters. The second-order valence-electron chi connectivity index (χ2n) is 8.71. The number of carbonyl (C=O) groups is 1. The van der Waals surface area contributed by atoms with Crippen LogP contribution in [-0.2, 0) is 10.0 Å². The molecule has 2 fully saturated rings. The summed E-state index contributed by atoms with van der Waals surface area (Å²) in [6, 6.07) is 8.69. The van der Waals surface area contributed by atoms with Crippen LogP contribution in [0.3, 0.4) is 0 Å². The molecule has 2 aliphatic rings. The molecule has 176 valence electrons. The van der Waals surface area contributed by atoms with Crippen molar-refractivity contribution in [3.8, 4) is 0 Å². The van der Waals surface area contributed by atoms with Crippen LogP contribution in [0.15, 0.2) is 30.3 Å². The number of rotatable bonds is 7. The van der Waals surface area contributed by atoms with Crippen LogP contribution in [-0.4, -0.2) is 67.3 Å². The van der Waals surface area contributed by atoms with Gasteiger partial charge in [-0.2, -0.15) is 4.31 Å². The maximum atomic E-state index is 15.8. The minimum Gasteiger partial charge on any atom is -0.321 e. The number of amides is 1. The number of halogens is 2. The molecule has 9 heteroatoms. The number of hydrogen-bond acceptors (Lipinski definition) is 4. The Morgan fingerprint density at radius 3 is 2.45 bits per heavy atom. The average Bonchev–Trinajstić information content (AvgIpc) is 2.74. The lowest BCUT2D eigenvalue weighted by Gasteiger charge is -2.52. The molecule has 1 aromatic rings. The maximum absolute atomic E-state index is 15.8. The lowest BCUT2D eigenvalue weighted by atomic mass is 9.74. The predicted molar refractivity (Wildman–Crippen MR) is 124 cm³/mol. The van der Waals surface area contributed by atoms with E-state index < -0.39 is 27.8 Å². The fraction of sp³-hybridized carbons (Fsp3) is 0.682. The van der Waals surface area contributed by atoms with Gasteiger partial charge in [0, 0.05) is 31.7 Å². The highest BCUT2D eigenvalue weighted by Gasteiger charge is 2.48. The predicted octanol–water partition coefficient (Wildman–Crippen LogP) is 3.44. The summed E-state index contributed by atoms with van der Waals surface area (Å²) < 4.78 is 42.1. The van der Waals surface area contributed by atoms with Crippen molar-refractivity contribution in [1.82, 2.24) is 14.5 Å². The third-order valence-corrected chi connectivity index (χ3v) is 8.57. The zero-order valence-corrected chi connectivity index (χ0v) is 20.1. The number of piperazine rings is 1. The Morgan fingerprint density at radius 2 is 1.87 bits per heavy atom. The van der Waals surface area contributed by atoms with Gasteiger partial charge in [-0.15, -0.1) is 12.4 Å². The zero-order chi connectivity index (χ0) is 21.8. The van der Waals surface area contributed by atoms with Gasteiger partial charge in [-0.05, 0) is 37.3 Å². The van der Waals surface area contributed by atoms with E-state index in [-0.39, 0.29) is 18.2 Å². The third kappa shape index (κ3) is 5.97. The largest absolute Gasteiger partial charge is 0.321 e. The second-order valence-corrected chi connectivity index (χ2v) is 10.8. The summed E-state index contributed by atoms with van der Waals surface area (Å²) in [5, 5.41) is 2.61. The first kappa shape index (κ1) is 26.0. The number of nitrogens with one attached hydrogen (secondary N) is 1. The molecule has 0 spiro atoms. The van der Waals surface area contributed by atoms with Crippen molar-refractivity contribution in [2.75, 3.05) is 31.9 Å². The van der Waals surface area contributed by atoms with Crippen molar-refractivity contribution in [3.63, 3.8) is 0 Å². The molecule has 1 heterocycles. The summed E-state index contributed by atoms with van der Waals surface area (Å²) in [7, 11) is -3.25. The molecular weight excluding hydrogens is 441 g/mol. The van der Waals surface area contributed by atoms with Gasteiger partial charge >= 0.3 is 0 Å². The SMILES string of the molecule is CCCS(=O)(=O)N1CCN(C2(C(F)NC(=O)c3ccccc3)CCCC(C)C2)CC1.Cl. The first-order chi connectivity index (χ1) is 14.3. The smallest absolute Gasteiger partial charge is 0.253 e. The molecule has 1 amide bonds. The van der Waals surface area contributed by atoms with Crippen molar-refractivity contribution in [3.05, 3.63) is 35.9 Å². The standard InChI is InChI=1S/C22H34FN3O3S.ClH/c1-3-16-30(28,29)26-14-12-25(13-15-26)22(11-7-8-18(2)17-22)21(23)24-20(27)19-9-5-4-6-10-19;/h4-6,9-10,18,21H,3,7-8,11-17H2,1-2H3,(H,24,27);1H. The molecule has 0 aromatic heterocycles. The highest BCUT2D eigenvalue weighted by atomic mass is 35.5. The van der Waals surface area contributed by atoms with Crippen LogP contribution in [0.25, 0.3) is 0 Å². The lowest BCUT2D eigenvalue weighted by molar-refractivity contribution is -0.0533. The summed E-state index contributed by atoms with van der Waals surface area (Å²) in [4.78, 5) is 14.7. The van der Waals surface area contributed by atoms with Crippen LogP contribution in [0.1, 0.15) is 56.3 Å². The van der Waals surface area contributed by atoms with Gasteiger partial charge in [0.15, 0.2) is 6.30 Å². The fourth-order valence-corrected chi connectivity index (χ4v) is 6.46. The molecule has 0 bridgehead atoms. The van der Waals surface area contributed by atoms with Crippen LogP contribution >= 0.6 is 12.4 Å². The molecular formula is C22H35ClFN3O3S. The molecule has 1 aromatic carbocycles. The Balaban J connectivity index is 0.00000341. The minimum atomic E-state index is -3.25. The summed E-state index contributed by atoms with van der Waals surface area (Å²) in [6.07, 6.45) is 2.34. The van der Waals surface area contributed by atoms with Gasteiger partial charge in [0.1, 0.15) is 0 Å².